The van der Waals surface area contributed by atoms with E-state index < -0.39 is 0 Å². The number of rotatable bonds is 2. The third-order valence-corrected chi connectivity index (χ3v) is 2.66. The molecule has 1 saturated heterocycles. The van der Waals surface area contributed by atoms with E-state index in [4.69, 9.17) is 0 Å². The molecule has 0 saturated carbocycles. The minimum absolute atomic E-state index is 0.219. The summed E-state index contributed by atoms with van der Waals surface area (Å²) >= 11 is 0. The van der Waals surface area contributed by atoms with Gasteiger partial charge in [-0.25, -0.2) is 0 Å². The summed E-state index contributed by atoms with van der Waals surface area (Å²) in [6.45, 7) is 11.3. The Balaban J connectivity index is 2.36. The summed E-state index contributed by atoms with van der Waals surface area (Å²) in [6.07, 6.45) is 1.12. The molecule has 1 rings (SSSR count). The molecule has 1 fully saturated rings. The third kappa shape index (κ3) is 3.66. The smallest absolute Gasteiger partial charge is 0.219 e. The van der Waals surface area contributed by atoms with Crippen LogP contribution in [0.15, 0.2) is 0 Å². The fraction of sp³-hybridized carbons (Fsp3) is 0.909. The molecule has 1 amide bonds. The summed E-state index contributed by atoms with van der Waals surface area (Å²) in [5.74, 6) is 0.940. The van der Waals surface area contributed by atoms with Crippen LogP contribution in [-0.2, 0) is 4.79 Å². The zero-order valence-electron chi connectivity index (χ0n) is 9.62. The Labute approximate surface area is 87.1 Å². The van der Waals surface area contributed by atoms with Gasteiger partial charge in [0.05, 0.1) is 0 Å². The van der Waals surface area contributed by atoms with E-state index in [1.165, 1.54) is 0 Å². The lowest BCUT2D eigenvalue weighted by Crippen LogP contribution is -2.34. The highest BCUT2D eigenvalue weighted by Gasteiger charge is 2.16. The number of carbonyl (C=O) groups is 1. The van der Waals surface area contributed by atoms with Crippen molar-refractivity contribution >= 4 is 5.91 Å². The highest BCUT2D eigenvalue weighted by atomic mass is 16.2. The maximum atomic E-state index is 11.2. The molecular weight excluding hydrogens is 176 g/mol. The number of amides is 1. The van der Waals surface area contributed by atoms with E-state index in [9.17, 15) is 4.79 Å². The van der Waals surface area contributed by atoms with E-state index in [0.29, 0.717) is 0 Å². The second-order valence-corrected chi connectivity index (χ2v) is 4.55. The van der Waals surface area contributed by atoms with Gasteiger partial charge in [-0.15, -0.1) is 0 Å². The number of nitrogens with zero attached hydrogens (tertiary/aromatic N) is 2. The molecule has 3 nitrogen and oxygen atoms in total. The van der Waals surface area contributed by atoms with Crippen molar-refractivity contribution < 1.29 is 4.79 Å². The Morgan fingerprint density at radius 3 is 2.50 bits per heavy atom. The van der Waals surface area contributed by atoms with Crippen molar-refractivity contribution in [3.05, 3.63) is 0 Å². The molecule has 0 N–H and O–H groups in total. The molecule has 1 aliphatic rings. The first-order valence-corrected chi connectivity index (χ1v) is 5.57. The average molecular weight is 198 g/mol. The lowest BCUT2D eigenvalue weighted by molar-refractivity contribution is -0.128. The van der Waals surface area contributed by atoms with Crippen LogP contribution in [0.2, 0.25) is 0 Å². The molecule has 0 atom stereocenters. The van der Waals surface area contributed by atoms with Gasteiger partial charge in [0.25, 0.3) is 0 Å². The van der Waals surface area contributed by atoms with E-state index in [-0.39, 0.29) is 5.91 Å². The summed E-state index contributed by atoms with van der Waals surface area (Å²) in [7, 11) is 0. The average Bonchev–Trinajstić information content (AvgIpc) is 2.28. The quantitative estimate of drug-likeness (QED) is 0.665. The van der Waals surface area contributed by atoms with Crippen LogP contribution in [-0.4, -0.2) is 48.4 Å². The van der Waals surface area contributed by atoms with Gasteiger partial charge in [0.2, 0.25) is 5.91 Å². The van der Waals surface area contributed by atoms with Gasteiger partial charge < -0.3 is 9.80 Å². The number of hydrogen-bond donors (Lipinski definition) is 0. The van der Waals surface area contributed by atoms with Gasteiger partial charge in [-0.05, 0) is 18.9 Å². The maximum Gasteiger partial charge on any atom is 0.219 e. The SMILES string of the molecule is CC(=O)N1CCCN(CC(C)C)CC1. The first kappa shape index (κ1) is 11.5. The van der Waals surface area contributed by atoms with Gasteiger partial charge in [0, 0.05) is 33.1 Å². The van der Waals surface area contributed by atoms with E-state index >= 15 is 0 Å². The minimum atomic E-state index is 0.219. The molecule has 0 aromatic heterocycles. The molecule has 1 aliphatic heterocycles. The number of carbonyl (C=O) groups excluding carboxylic acids is 1. The Kier molecular flexibility index (Phi) is 4.39. The van der Waals surface area contributed by atoms with E-state index in [0.717, 1.165) is 45.1 Å². The lowest BCUT2D eigenvalue weighted by atomic mass is 10.2. The normalized spacial score (nSPS) is 19.9. The Bertz CT molecular complexity index is 192. The van der Waals surface area contributed by atoms with Crippen LogP contribution in [0.25, 0.3) is 0 Å². The van der Waals surface area contributed by atoms with Crippen LogP contribution < -0.4 is 0 Å². The molecule has 3 heteroatoms. The summed E-state index contributed by atoms with van der Waals surface area (Å²) in [4.78, 5) is 15.6. The van der Waals surface area contributed by atoms with Crippen molar-refractivity contribution in [1.82, 2.24) is 9.80 Å². The Hall–Kier alpha value is -0.570. The monoisotopic (exact) mass is 198 g/mol. The van der Waals surface area contributed by atoms with Crippen molar-refractivity contribution in [3.8, 4) is 0 Å². The standard InChI is InChI=1S/C11H22N2O/c1-10(2)9-12-5-4-6-13(8-7-12)11(3)14/h10H,4-9H2,1-3H3. The van der Waals surface area contributed by atoms with Gasteiger partial charge in [-0.2, -0.15) is 0 Å². The molecule has 0 unspecified atom stereocenters. The largest absolute Gasteiger partial charge is 0.342 e. The van der Waals surface area contributed by atoms with E-state index in [2.05, 4.69) is 18.7 Å². The fourth-order valence-corrected chi connectivity index (χ4v) is 1.98. The van der Waals surface area contributed by atoms with E-state index in [1.807, 2.05) is 4.90 Å². The molecule has 0 aromatic carbocycles. The maximum absolute atomic E-state index is 11.2. The van der Waals surface area contributed by atoms with Crippen LogP contribution in [0.5, 0.6) is 0 Å². The summed E-state index contributed by atoms with van der Waals surface area (Å²) in [5, 5.41) is 0. The highest BCUT2D eigenvalue weighted by Crippen LogP contribution is 2.05. The zero-order valence-corrected chi connectivity index (χ0v) is 9.62. The first-order chi connectivity index (χ1) is 6.59. The summed E-state index contributed by atoms with van der Waals surface area (Å²) in [5.41, 5.74) is 0. The summed E-state index contributed by atoms with van der Waals surface area (Å²) in [6, 6.07) is 0. The molecule has 14 heavy (non-hydrogen) atoms. The second-order valence-electron chi connectivity index (χ2n) is 4.55. The van der Waals surface area contributed by atoms with Crippen molar-refractivity contribution in [1.29, 1.82) is 0 Å². The zero-order chi connectivity index (χ0) is 10.6. The third-order valence-electron chi connectivity index (χ3n) is 2.66. The molecule has 0 aromatic rings. The highest BCUT2D eigenvalue weighted by molar-refractivity contribution is 5.73. The van der Waals surface area contributed by atoms with Crippen LogP contribution in [0.4, 0.5) is 0 Å². The van der Waals surface area contributed by atoms with Gasteiger partial charge in [-0.3, -0.25) is 4.79 Å². The van der Waals surface area contributed by atoms with Crippen molar-refractivity contribution in [2.24, 2.45) is 5.92 Å². The molecule has 82 valence electrons. The van der Waals surface area contributed by atoms with Crippen LogP contribution in [0.1, 0.15) is 27.2 Å². The van der Waals surface area contributed by atoms with Crippen molar-refractivity contribution in [2.45, 2.75) is 27.2 Å². The molecule has 0 radical (unpaired) electrons. The van der Waals surface area contributed by atoms with Gasteiger partial charge in [0.1, 0.15) is 0 Å². The lowest BCUT2D eigenvalue weighted by Gasteiger charge is -2.22. The van der Waals surface area contributed by atoms with Crippen LogP contribution in [0.3, 0.4) is 0 Å². The summed E-state index contributed by atoms with van der Waals surface area (Å²) < 4.78 is 0. The molecule has 0 bridgehead atoms. The molecule has 0 spiro atoms. The predicted octanol–water partition coefficient (Wildman–Crippen LogP) is 1.20. The Morgan fingerprint density at radius 1 is 1.21 bits per heavy atom. The molecule has 1 heterocycles. The first-order valence-electron chi connectivity index (χ1n) is 5.57. The van der Waals surface area contributed by atoms with Crippen LogP contribution >= 0.6 is 0 Å². The Morgan fingerprint density at radius 2 is 1.93 bits per heavy atom. The van der Waals surface area contributed by atoms with Crippen molar-refractivity contribution in [3.63, 3.8) is 0 Å². The second kappa shape index (κ2) is 5.35. The van der Waals surface area contributed by atoms with Gasteiger partial charge >= 0.3 is 0 Å². The topological polar surface area (TPSA) is 23.6 Å². The molecular formula is C11H22N2O. The van der Waals surface area contributed by atoms with Gasteiger partial charge in [0.15, 0.2) is 0 Å². The molecule has 0 aliphatic carbocycles. The number of hydrogen-bond acceptors (Lipinski definition) is 2. The van der Waals surface area contributed by atoms with Crippen molar-refractivity contribution in [2.75, 3.05) is 32.7 Å². The van der Waals surface area contributed by atoms with Crippen LogP contribution in [0, 0.1) is 5.92 Å². The predicted molar refractivity (Wildman–Crippen MR) is 58.1 cm³/mol. The van der Waals surface area contributed by atoms with E-state index in [1.54, 1.807) is 6.92 Å². The minimum Gasteiger partial charge on any atom is -0.342 e. The van der Waals surface area contributed by atoms with Gasteiger partial charge in [-0.1, -0.05) is 13.8 Å². The fourth-order valence-electron chi connectivity index (χ4n) is 1.98.